The number of aryl methyl sites for hydroxylation is 2. The number of nitrogen functional groups attached to an aromatic ring is 1. The molecule has 9 aromatic carbocycles. The van der Waals surface area contributed by atoms with Crippen LogP contribution in [0.4, 0.5) is 0 Å². The van der Waals surface area contributed by atoms with Gasteiger partial charge in [-0.3, -0.25) is 5.41 Å². The molecule has 0 saturated heterocycles. The molecule has 0 amide bonds. The maximum atomic E-state index is 8.59. The van der Waals surface area contributed by atoms with Crippen molar-refractivity contribution in [2.45, 2.75) is 32.1 Å². The Morgan fingerprint density at radius 3 is 2.00 bits per heavy atom. The fraction of sp³-hybridized carbons (Fsp3) is 0.102. The Bertz CT molecular complexity index is 3380. The molecule has 1 aromatic heterocycles. The van der Waals surface area contributed by atoms with E-state index in [9.17, 15) is 0 Å². The molecule has 63 heavy (non-hydrogen) atoms. The lowest BCUT2D eigenvalue weighted by atomic mass is 9.65. The molecule has 1 aliphatic heterocycles. The van der Waals surface area contributed by atoms with E-state index in [1.54, 1.807) is 0 Å². The number of benzene rings is 9. The quantitative estimate of drug-likeness (QED) is 0.122. The van der Waals surface area contributed by atoms with Gasteiger partial charge in [0.05, 0.1) is 22.1 Å². The zero-order valence-electron chi connectivity index (χ0n) is 36.2. The van der Waals surface area contributed by atoms with Crippen LogP contribution in [0.15, 0.2) is 194 Å². The van der Waals surface area contributed by atoms with Gasteiger partial charge in [0.25, 0.3) is 0 Å². The van der Waals surface area contributed by atoms with Gasteiger partial charge < -0.3 is 16.0 Å². The molecule has 0 radical (unpaired) electrons. The van der Waals surface area contributed by atoms with Gasteiger partial charge in [-0.1, -0.05) is 183 Å². The van der Waals surface area contributed by atoms with E-state index in [0.29, 0.717) is 5.92 Å². The monoisotopic (exact) mass is 814 g/mol. The average molecular weight is 815 g/mol. The summed E-state index contributed by atoms with van der Waals surface area (Å²) in [6, 6.07) is 70.0. The highest BCUT2D eigenvalue weighted by atomic mass is 15.0. The van der Waals surface area contributed by atoms with Crippen LogP contribution in [0.25, 0.3) is 60.5 Å². The number of rotatable bonds is 4. The maximum Gasteiger partial charge on any atom is 0.123 e. The van der Waals surface area contributed by atoms with Gasteiger partial charge >= 0.3 is 0 Å². The fourth-order valence-corrected chi connectivity index (χ4v) is 10.5. The number of nitrogens with one attached hydrogen (secondary N) is 1. The molecule has 2 atom stereocenters. The first-order chi connectivity index (χ1) is 30.9. The third-order valence-corrected chi connectivity index (χ3v) is 13.6. The van der Waals surface area contributed by atoms with Crippen LogP contribution < -0.4 is 11.5 Å². The second kappa shape index (κ2) is 15.7. The zero-order chi connectivity index (χ0) is 43.4. The minimum absolute atomic E-state index is 0.0892. The summed E-state index contributed by atoms with van der Waals surface area (Å²) in [5.74, 6) is 0.522. The predicted molar refractivity (Wildman–Crippen MR) is 266 cm³/mol. The smallest absolute Gasteiger partial charge is 0.123 e. The Labute approximate surface area is 369 Å². The molecule has 10 aromatic rings. The molecule has 2 heterocycles. The molecule has 1 spiro atoms. The summed E-state index contributed by atoms with van der Waals surface area (Å²) in [6.07, 6.45) is 0. The molecule has 4 heteroatoms. The van der Waals surface area contributed by atoms with Gasteiger partial charge in [0.2, 0.25) is 0 Å². The van der Waals surface area contributed by atoms with E-state index in [4.69, 9.17) is 11.1 Å². The number of nitrogens with zero attached hydrogens (tertiary/aromatic N) is 1. The van der Waals surface area contributed by atoms with Crippen LogP contribution in [-0.2, 0) is 5.41 Å². The van der Waals surface area contributed by atoms with Crippen LogP contribution in [-0.4, -0.2) is 17.5 Å². The first-order valence-electron chi connectivity index (χ1n) is 21.8. The molecule has 1 aliphatic carbocycles. The van der Waals surface area contributed by atoms with Gasteiger partial charge in [-0.2, -0.15) is 0 Å². The van der Waals surface area contributed by atoms with Gasteiger partial charge in [-0.05, 0) is 117 Å². The lowest BCUT2D eigenvalue weighted by Crippen LogP contribution is -2.33. The minimum atomic E-state index is -0.550. The second-order valence-corrected chi connectivity index (χ2v) is 16.7. The topological polar surface area (TPSA) is 80.8 Å². The van der Waals surface area contributed by atoms with Crippen molar-refractivity contribution < 1.29 is 0 Å². The van der Waals surface area contributed by atoms with Gasteiger partial charge in [0.15, 0.2) is 0 Å². The summed E-state index contributed by atoms with van der Waals surface area (Å²) in [4.78, 5) is 0. The molecule has 306 valence electrons. The average Bonchev–Trinajstić information content (AvgIpc) is 3.84. The summed E-state index contributed by atoms with van der Waals surface area (Å²) in [5.41, 5.74) is 29.6. The van der Waals surface area contributed by atoms with E-state index in [1.807, 2.05) is 12.1 Å². The maximum absolute atomic E-state index is 8.59. The molecule has 2 aliphatic rings. The Balaban J connectivity index is 0.000000180. The third-order valence-electron chi connectivity index (χ3n) is 13.6. The van der Waals surface area contributed by atoms with E-state index in [2.05, 4.69) is 213 Å². The molecular weight excluding hydrogens is 765 g/mol. The predicted octanol–water partition coefficient (Wildman–Crippen LogP) is 13.6. The van der Waals surface area contributed by atoms with Crippen LogP contribution >= 0.6 is 0 Å². The van der Waals surface area contributed by atoms with Crippen LogP contribution in [0.2, 0.25) is 0 Å². The highest BCUT2D eigenvalue weighted by molar-refractivity contribution is 6.14. The lowest BCUT2D eigenvalue weighted by molar-refractivity contribution is 0.748. The Morgan fingerprint density at radius 2 is 1.21 bits per heavy atom. The van der Waals surface area contributed by atoms with E-state index in [-0.39, 0.29) is 5.84 Å². The van der Waals surface area contributed by atoms with Crippen LogP contribution in [0, 0.1) is 19.3 Å². The molecule has 4 nitrogen and oxygen atoms in total. The Kier molecular flexibility index (Phi) is 9.89. The second-order valence-electron chi connectivity index (χ2n) is 16.7. The minimum Gasteiger partial charge on any atom is -0.384 e. The fourth-order valence-electron chi connectivity index (χ4n) is 10.5. The number of amidine groups is 1. The van der Waals surface area contributed by atoms with Crippen molar-refractivity contribution in [1.29, 1.82) is 5.41 Å². The summed E-state index contributed by atoms with van der Waals surface area (Å²) in [5, 5.41) is 13.8. The highest BCUT2D eigenvalue weighted by Gasteiger charge is 2.51. The highest BCUT2D eigenvalue weighted by Crippen LogP contribution is 2.62. The van der Waals surface area contributed by atoms with E-state index < -0.39 is 5.41 Å². The Morgan fingerprint density at radius 1 is 0.540 bits per heavy atom. The molecule has 0 bridgehead atoms. The normalized spacial score (nSPS) is 14.6. The number of nitrogens with two attached hydrogens (primary N) is 2. The molecule has 12 rings (SSSR count). The lowest BCUT2D eigenvalue weighted by Gasteiger charge is -2.39. The van der Waals surface area contributed by atoms with Crippen LogP contribution in [0.5, 0.6) is 0 Å². The SMILES string of the molecule is CN.Cc1ccc2cc(C(C)c3ccccc3)ccc2c1C.N=C(N)c1cccc2c1-c1cc(-c3ccccc3)ccc1C21c2ccccc2-n2c3ccccc3c3cccc1c32. The summed E-state index contributed by atoms with van der Waals surface area (Å²) in [6.45, 7) is 6.66. The summed E-state index contributed by atoms with van der Waals surface area (Å²) < 4.78 is 2.45. The molecule has 5 N–H and O–H groups in total. The van der Waals surface area contributed by atoms with Crippen molar-refractivity contribution in [1.82, 2.24) is 4.57 Å². The first-order valence-corrected chi connectivity index (χ1v) is 21.8. The number of hydrogen-bond donors (Lipinski definition) is 3. The van der Waals surface area contributed by atoms with Crippen LogP contribution in [0.3, 0.4) is 0 Å². The number of para-hydroxylation sites is 3. The molecule has 0 saturated carbocycles. The van der Waals surface area contributed by atoms with Crippen molar-refractivity contribution in [3.8, 4) is 27.9 Å². The third kappa shape index (κ3) is 6.05. The molecular formula is C59H50N4. The largest absolute Gasteiger partial charge is 0.384 e. The van der Waals surface area contributed by atoms with Gasteiger partial charge in [0, 0.05) is 22.3 Å². The standard InChI is InChI=1S/C38H25N3.C20H20.CH5N/c39-37(40)27-14-9-16-31-35(27)28-22-24(23-10-2-1-3-11-23)20-21-29(28)38(31)30-15-5-7-19-34(30)41-33-18-6-4-12-25(33)26-13-8-17-32(38)36(26)41;1-14-9-10-19-13-18(11-12-20(19)15(14)2)16(3)17-7-5-4-6-8-17;1-2/h1-22H,(H3,39,40);4-13,16H,1-3H3;2H2,1H3. The van der Waals surface area contributed by atoms with E-state index >= 15 is 0 Å². The van der Waals surface area contributed by atoms with Crippen LogP contribution in [0.1, 0.15) is 62.9 Å². The van der Waals surface area contributed by atoms with Crippen molar-refractivity contribution >= 4 is 38.4 Å². The van der Waals surface area contributed by atoms with Gasteiger partial charge in [0.1, 0.15) is 5.84 Å². The Hall–Kier alpha value is -7.53. The van der Waals surface area contributed by atoms with Crippen molar-refractivity contribution in [3.63, 3.8) is 0 Å². The molecule has 2 unspecified atom stereocenters. The van der Waals surface area contributed by atoms with E-state index in [1.165, 1.54) is 95.4 Å². The molecule has 0 fully saturated rings. The van der Waals surface area contributed by atoms with Gasteiger partial charge in [-0.15, -0.1) is 0 Å². The van der Waals surface area contributed by atoms with Crippen molar-refractivity contribution in [2.75, 3.05) is 7.05 Å². The van der Waals surface area contributed by atoms with Crippen molar-refractivity contribution in [2.24, 2.45) is 11.5 Å². The van der Waals surface area contributed by atoms with Crippen molar-refractivity contribution in [3.05, 3.63) is 244 Å². The summed E-state index contributed by atoms with van der Waals surface area (Å²) >= 11 is 0. The number of hydrogen-bond acceptors (Lipinski definition) is 2. The number of aromatic nitrogens is 1. The number of fused-ring (bicyclic) bond motifs is 13. The first kappa shape index (κ1) is 39.6. The zero-order valence-corrected chi connectivity index (χ0v) is 36.2. The van der Waals surface area contributed by atoms with Gasteiger partial charge in [-0.25, -0.2) is 0 Å². The van der Waals surface area contributed by atoms with E-state index in [0.717, 1.165) is 22.3 Å². The summed E-state index contributed by atoms with van der Waals surface area (Å²) in [7, 11) is 1.50.